The molecule has 1 fully saturated rings. The van der Waals surface area contributed by atoms with Crippen molar-refractivity contribution in [3.05, 3.63) is 59.6 Å². The number of ether oxygens (including phenoxy) is 1. The molecular weight excluding hydrogens is 390 g/mol. The fourth-order valence-electron chi connectivity index (χ4n) is 3.32. The van der Waals surface area contributed by atoms with Gasteiger partial charge in [0.1, 0.15) is 5.75 Å². The Hall–Kier alpha value is -2.57. The highest BCUT2D eigenvalue weighted by molar-refractivity contribution is 6.33. The van der Waals surface area contributed by atoms with E-state index in [1.807, 2.05) is 47.4 Å². The number of anilines is 1. The highest BCUT2D eigenvalue weighted by Crippen LogP contribution is 2.19. The largest absolute Gasteiger partial charge is 0.494 e. The molecule has 2 N–H and O–H groups in total. The van der Waals surface area contributed by atoms with Gasteiger partial charge in [-0.25, -0.2) is 0 Å². The van der Waals surface area contributed by atoms with Gasteiger partial charge in [0.15, 0.2) is 6.54 Å². The first kappa shape index (κ1) is 21.1. The molecule has 0 radical (unpaired) electrons. The number of carbonyl (C=O) groups excluding carboxylic acids is 2. The molecule has 0 unspecified atom stereocenters. The summed E-state index contributed by atoms with van der Waals surface area (Å²) in [6, 6.07) is 16.8. The first-order valence-electron chi connectivity index (χ1n) is 9.95. The van der Waals surface area contributed by atoms with Gasteiger partial charge in [0.2, 0.25) is 5.91 Å². The number of rotatable bonds is 8. The van der Waals surface area contributed by atoms with Gasteiger partial charge >= 0.3 is 0 Å². The molecular formula is C22H27ClN3O3+. The quantitative estimate of drug-likeness (QED) is 0.646. The average Bonchev–Trinajstić information content (AvgIpc) is 2.74. The summed E-state index contributed by atoms with van der Waals surface area (Å²) in [5.41, 5.74) is 0.630. The van der Waals surface area contributed by atoms with Crippen LogP contribution in [0.1, 0.15) is 12.8 Å². The van der Waals surface area contributed by atoms with Gasteiger partial charge in [-0.05, 0) is 30.7 Å². The number of amides is 2. The van der Waals surface area contributed by atoms with E-state index in [4.69, 9.17) is 16.3 Å². The van der Waals surface area contributed by atoms with Gasteiger partial charge in [-0.2, -0.15) is 0 Å². The number of halogens is 1. The number of piperazine rings is 1. The lowest BCUT2D eigenvalue weighted by Gasteiger charge is -2.32. The van der Waals surface area contributed by atoms with Gasteiger partial charge in [0.05, 0.1) is 43.5 Å². The summed E-state index contributed by atoms with van der Waals surface area (Å²) < 4.78 is 5.63. The van der Waals surface area contributed by atoms with Crippen LogP contribution in [0.2, 0.25) is 5.02 Å². The Morgan fingerprint density at radius 3 is 2.45 bits per heavy atom. The number of benzene rings is 2. The van der Waals surface area contributed by atoms with E-state index in [1.165, 1.54) is 4.90 Å². The summed E-state index contributed by atoms with van der Waals surface area (Å²) in [6.07, 6.45) is 1.18. The van der Waals surface area contributed by atoms with Crippen LogP contribution in [0.5, 0.6) is 5.75 Å². The molecule has 6 nitrogen and oxygen atoms in total. The Morgan fingerprint density at radius 2 is 1.72 bits per heavy atom. The maximum atomic E-state index is 12.4. The molecule has 1 aliphatic rings. The van der Waals surface area contributed by atoms with Crippen LogP contribution in [0, 0.1) is 0 Å². The number of nitrogens with one attached hydrogen (secondary N) is 2. The molecule has 154 valence electrons. The number of quaternary nitrogens is 1. The van der Waals surface area contributed by atoms with E-state index in [9.17, 15) is 9.59 Å². The van der Waals surface area contributed by atoms with E-state index >= 15 is 0 Å². The van der Waals surface area contributed by atoms with E-state index < -0.39 is 0 Å². The maximum Gasteiger partial charge on any atom is 0.279 e. The molecule has 0 atom stereocenters. The smallest absolute Gasteiger partial charge is 0.279 e. The highest BCUT2D eigenvalue weighted by Gasteiger charge is 2.25. The van der Waals surface area contributed by atoms with Crippen LogP contribution in [-0.4, -0.2) is 56.0 Å². The zero-order valence-corrected chi connectivity index (χ0v) is 17.2. The van der Waals surface area contributed by atoms with Crippen LogP contribution in [0.4, 0.5) is 5.69 Å². The molecule has 3 rings (SSSR count). The van der Waals surface area contributed by atoms with Crippen LogP contribution >= 0.6 is 11.6 Å². The first-order chi connectivity index (χ1) is 14.1. The van der Waals surface area contributed by atoms with Gasteiger partial charge in [0.25, 0.3) is 5.91 Å². The molecule has 2 amide bonds. The monoisotopic (exact) mass is 416 g/mol. The minimum atomic E-state index is -0.0639. The SMILES string of the molecule is O=C(C[NH+]1CCN(C(=O)CCCOc2ccccc2)CC1)Nc1ccccc1Cl. The Labute approximate surface area is 176 Å². The molecule has 0 aliphatic carbocycles. The van der Waals surface area contributed by atoms with Gasteiger partial charge in [-0.15, -0.1) is 0 Å². The maximum absolute atomic E-state index is 12.4. The number of nitrogens with zero attached hydrogens (tertiary/aromatic N) is 1. The summed E-state index contributed by atoms with van der Waals surface area (Å²) >= 11 is 6.08. The minimum Gasteiger partial charge on any atom is -0.494 e. The second-order valence-electron chi connectivity index (χ2n) is 7.10. The van der Waals surface area contributed by atoms with Crippen molar-refractivity contribution in [3.8, 4) is 5.75 Å². The van der Waals surface area contributed by atoms with Crippen molar-refractivity contribution >= 4 is 29.1 Å². The van der Waals surface area contributed by atoms with E-state index in [2.05, 4.69) is 5.32 Å². The summed E-state index contributed by atoms with van der Waals surface area (Å²) in [5, 5.41) is 3.38. The molecule has 1 saturated heterocycles. The molecule has 1 aliphatic heterocycles. The van der Waals surface area contributed by atoms with Crippen LogP contribution in [0.25, 0.3) is 0 Å². The predicted octanol–water partition coefficient (Wildman–Crippen LogP) is 1.86. The van der Waals surface area contributed by atoms with Crippen LogP contribution < -0.4 is 15.0 Å². The molecule has 2 aromatic rings. The molecule has 0 spiro atoms. The van der Waals surface area contributed by atoms with E-state index in [0.29, 0.717) is 49.8 Å². The molecule has 29 heavy (non-hydrogen) atoms. The number of hydrogen-bond donors (Lipinski definition) is 2. The summed E-state index contributed by atoms with van der Waals surface area (Å²) in [5.74, 6) is 0.916. The Kier molecular flexibility index (Phi) is 7.90. The number of hydrogen-bond acceptors (Lipinski definition) is 3. The molecule has 0 saturated carbocycles. The third kappa shape index (κ3) is 6.76. The fraction of sp³-hybridized carbons (Fsp3) is 0.364. The predicted molar refractivity (Wildman–Crippen MR) is 113 cm³/mol. The standard InChI is InChI=1S/C22H26ClN3O3/c23-19-9-4-5-10-20(19)24-21(27)17-25-12-14-26(15-13-25)22(28)11-6-16-29-18-7-2-1-3-8-18/h1-5,7-10H,6,11-17H2,(H,24,27)/p+1. The van der Waals surface area contributed by atoms with Gasteiger partial charge in [-0.1, -0.05) is 41.9 Å². The molecule has 2 aromatic carbocycles. The summed E-state index contributed by atoms with van der Waals surface area (Å²) in [6.45, 7) is 3.78. The molecule has 0 aromatic heterocycles. The second kappa shape index (κ2) is 10.8. The Bertz CT molecular complexity index is 808. The molecule has 0 bridgehead atoms. The number of para-hydroxylation sites is 2. The van der Waals surface area contributed by atoms with E-state index in [0.717, 1.165) is 18.8 Å². The minimum absolute atomic E-state index is 0.0639. The van der Waals surface area contributed by atoms with Crippen molar-refractivity contribution in [2.75, 3.05) is 44.6 Å². The second-order valence-corrected chi connectivity index (χ2v) is 7.51. The van der Waals surface area contributed by atoms with Crippen LogP contribution in [0.3, 0.4) is 0 Å². The normalized spacial score (nSPS) is 14.4. The van der Waals surface area contributed by atoms with Crippen LogP contribution in [0.15, 0.2) is 54.6 Å². The van der Waals surface area contributed by atoms with Crippen molar-refractivity contribution in [2.24, 2.45) is 0 Å². The lowest BCUT2D eigenvalue weighted by Crippen LogP contribution is -3.15. The van der Waals surface area contributed by atoms with Crippen molar-refractivity contribution in [1.29, 1.82) is 0 Å². The topological polar surface area (TPSA) is 63.1 Å². The van der Waals surface area contributed by atoms with Crippen molar-refractivity contribution in [2.45, 2.75) is 12.8 Å². The number of carbonyl (C=O) groups is 2. The lowest BCUT2D eigenvalue weighted by molar-refractivity contribution is -0.895. The van der Waals surface area contributed by atoms with Gasteiger partial charge < -0.3 is 19.9 Å². The highest BCUT2D eigenvalue weighted by atomic mass is 35.5. The zero-order chi connectivity index (χ0) is 20.5. The summed E-state index contributed by atoms with van der Waals surface area (Å²) in [7, 11) is 0. The van der Waals surface area contributed by atoms with Crippen molar-refractivity contribution in [1.82, 2.24) is 4.90 Å². The zero-order valence-electron chi connectivity index (χ0n) is 16.4. The lowest BCUT2D eigenvalue weighted by atomic mass is 10.2. The molecule has 1 heterocycles. The van der Waals surface area contributed by atoms with Gasteiger partial charge in [-0.3, -0.25) is 9.59 Å². The third-order valence-electron chi connectivity index (χ3n) is 4.93. The van der Waals surface area contributed by atoms with Gasteiger partial charge in [0, 0.05) is 6.42 Å². The summed E-state index contributed by atoms with van der Waals surface area (Å²) in [4.78, 5) is 27.7. The first-order valence-corrected chi connectivity index (χ1v) is 10.3. The Balaban J connectivity index is 1.32. The fourth-order valence-corrected chi connectivity index (χ4v) is 3.50. The Morgan fingerprint density at radius 1 is 1.03 bits per heavy atom. The third-order valence-corrected chi connectivity index (χ3v) is 5.26. The molecule has 7 heteroatoms. The van der Waals surface area contributed by atoms with Crippen molar-refractivity contribution in [3.63, 3.8) is 0 Å². The van der Waals surface area contributed by atoms with E-state index in [1.54, 1.807) is 12.1 Å². The van der Waals surface area contributed by atoms with Crippen molar-refractivity contribution < 1.29 is 19.2 Å². The van der Waals surface area contributed by atoms with Crippen LogP contribution in [-0.2, 0) is 9.59 Å². The average molecular weight is 417 g/mol. The van der Waals surface area contributed by atoms with E-state index in [-0.39, 0.29) is 11.8 Å².